The van der Waals surface area contributed by atoms with E-state index < -0.39 is 6.10 Å². The van der Waals surface area contributed by atoms with Crippen molar-refractivity contribution in [1.82, 2.24) is 10.6 Å². The van der Waals surface area contributed by atoms with Crippen molar-refractivity contribution in [2.45, 2.75) is 25.1 Å². The Hall–Kier alpha value is -0.980. The van der Waals surface area contributed by atoms with E-state index in [1.807, 2.05) is 0 Å². The van der Waals surface area contributed by atoms with Gasteiger partial charge in [0.2, 0.25) is 5.91 Å². The van der Waals surface area contributed by atoms with Gasteiger partial charge in [-0.2, -0.15) is 0 Å². The number of aliphatic hydroxyl groups is 1. The highest BCUT2D eigenvalue weighted by atomic mass is 79.9. The molecule has 1 heterocycles. The molecule has 1 fully saturated rings. The molecule has 3 N–H and O–H groups in total. The fourth-order valence-corrected chi connectivity index (χ4v) is 2.29. The summed E-state index contributed by atoms with van der Waals surface area (Å²) < 4.78 is 13.8. The zero-order chi connectivity index (χ0) is 13.1. The van der Waals surface area contributed by atoms with Gasteiger partial charge in [0.15, 0.2) is 0 Å². The van der Waals surface area contributed by atoms with Crippen molar-refractivity contribution in [3.05, 3.63) is 34.1 Å². The van der Waals surface area contributed by atoms with Crippen LogP contribution >= 0.6 is 15.9 Å². The summed E-state index contributed by atoms with van der Waals surface area (Å²) in [5.41, 5.74) is 0.682. The number of aliphatic hydroxyl groups excluding tert-OH is 1. The average molecular weight is 317 g/mol. The van der Waals surface area contributed by atoms with Gasteiger partial charge in [-0.3, -0.25) is 4.79 Å². The van der Waals surface area contributed by atoms with E-state index in [2.05, 4.69) is 26.6 Å². The van der Waals surface area contributed by atoms with E-state index in [-0.39, 0.29) is 24.3 Å². The van der Waals surface area contributed by atoms with Gasteiger partial charge in [0, 0.05) is 17.6 Å². The predicted molar refractivity (Wildman–Crippen MR) is 68.4 cm³/mol. The van der Waals surface area contributed by atoms with Crippen molar-refractivity contribution in [3.8, 4) is 0 Å². The number of rotatable bonds is 3. The van der Waals surface area contributed by atoms with Gasteiger partial charge in [0.25, 0.3) is 0 Å². The van der Waals surface area contributed by atoms with Crippen molar-refractivity contribution in [2.24, 2.45) is 0 Å². The molecule has 0 spiro atoms. The molecule has 0 aliphatic carbocycles. The topological polar surface area (TPSA) is 61.4 Å². The SMILES string of the molecule is O=C(NCc1cc(F)ccc1Br)[C@@H]1C[C@@H](O)CN1. The summed E-state index contributed by atoms with van der Waals surface area (Å²) in [4.78, 5) is 11.8. The molecule has 0 aromatic heterocycles. The van der Waals surface area contributed by atoms with Crippen LogP contribution in [0.15, 0.2) is 22.7 Å². The van der Waals surface area contributed by atoms with E-state index in [9.17, 15) is 14.3 Å². The van der Waals surface area contributed by atoms with Crippen LogP contribution in [0, 0.1) is 5.82 Å². The Bertz CT molecular complexity index is 456. The third-order valence-corrected chi connectivity index (χ3v) is 3.66. The largest absolute Gasteiger partial charge is 0.392 e. The molecule has 1 aromatic carbocycles. The highest BCUT2D eigenvalue weighted by Gasteiger charge is 2.27. The number of β-amino-alcohol motifs (C(OH)–C–C–N with tert-alkyl or cyclic N) is 1. The van der Waals surface area contributed by atoms with E-state index in [1.165, 1.54) is 12.1 Å². The van der Waals surface area contributed by atoms with Crippen LogP contribution < -0.4 is 10.6 Å². The Morgan fingerprint density at radius 1 is 1.61 bits per heavy atom. The molecule has 1 aliphatic rings. The minimum atomic E-state index is -0.471. The molecule has 6 heteroatoms. The van der Waals surface area contributed by atoms with Gasteiger partial charge in [-0.15, -0.1) is 0 Å². The number of carbonyl (C=O) groups excluding carboxylic acids is 1. The molecule has 0 radical (unpaired) electrons. The molecule has 18 heavy (non-hydrogen) atoms. The van der Waals surface area contributed by atoms with Crippen LogP contribution in [0.5, 0.6) is 0 Å². The van der Waals surface area contributed by atoms with Crippen molar-refractivity contribution in [3.63, 3.8) is 0 Å². The van der Waals surface area contributed by atoms with Crippen LogP contribution in [0.2, 0.25) is 0 Å². The number of hydrogen-bond donors (Lipinski definition) is 3. The van der Waals surface area contributed by atoms with Crippen LogP contribution in [0.1, 0.15) is 12.0 Å². The molecule has 0 bridgehead atoms. The summed E-state index contributed by atoms with van der Waals surface area (Å²) in [7, 11) is 0. The molecule has 98 valence electrons. The van der Waals surface area contributed by atoms with E-state index >= 15 is 0 Å². The van der Waals surface area contributed by atoms with Gasteiger partial charge in [-0.1, -0.05) is 15.9 Å². The maximum atomic E-state index is 13.0. The summed E-state index contributed by atoms with van der Waals surface area (Å²) in [6.07, 6.45) is -0.0578. The summed E-state index contributed by atoms with van der Waals surface area (Å²) in [5.74, 6) is -0.514. The molecule has 0 unspecified atom stereocenters. The van der Waals surface area contributed by atoms with E-state index in [4.69, 9.17) is 0 Å². The Balaban J connectivity index is 1.91. The van der Waals surface area contributed by atoms with Gasteiger partial charge < -0.3 is 15.7 Å². The minimum Gasteiger partial charge on any atom is -0.392 e. The Kier molecular flexibility index (Phi) is 4.31. The Morgan fingerprint density at radius 3 is 3.06 bits per heavy atom. The fraction of sp³-hybridized carbons (Fsp3) is 0.417. The molecule has 1 amide bonds. The first-order valence-electron chi connectivity index (χ1n) is 5.69. The lowest BCUT2D eigenvalue weighted by Gasteiger charge is -2.12. The van der Waals surface area contributed by atoms with Crippen LogP contribution in [0.25, 0.3) is 0 Å². The zero-order valence-corrected chi connectivity index (χ0v) is 11.2. The standard InChI is InChI=1S/C12H14BrFN2O2/c13-10-2-1-8(14)3-7(10)5-16-12(18)11-4-9(17)6-15-11/h1-3,9,11,15,17H,4-6H2,(H,16,18)/t9-,11+/m1/s1. The molecular weight excluding hydrogens is 303 g/mol. The van der Waals surface area contributed by atoms with Gasteiger partial charge in [-0.05, 0) is 30.2 Å². The van der Waals surface area contributed by atoms with Gasteiger partial charge in [0.1, 0.15) is 5.82 Å². The van der Waals surface area contributed by atoms with Crippen LogP contribution in [-0.2, 0) is 11.3 Å². The van der Waals surface area contributed by atoms with E-state index in [0.29, 0.717) is 18.5 Å². The molecule has 1 aliphatic heterocycles. The second kappa shape index (κ2) is 5.77. The highest BCUT2D eigenvalue weighted by molar-refractivity contribution is 9.10. The Morgan fingerprint density at radius 2 is 2.39 bits per heavy atom. The molecule has 2 rings (SSSR count). The first-order chi connectivity index (χ1) is 8.56. The summed E-state index contributed by atoms with van der Waals surface area (Å²) in [5, 5.41) is 15.0. The number of amides is 1. The first-order valence-corrected chi connectivity index (χ1v) is 6.48. The molecule has 1 saturated heterocycles. The first kappa shape index (κ1) is 13.5. The second-order valence-corrected chi connectivity index (χ2v) is 5.16. The number of hydrogen-bond acceptors (Lipinski definition) is 3. The van der Waals surface area contributed by atoms with Crippen molar-refractivity contribution < 1.29 is 14.3 Å². The van der Waals surface area contributed by atoms with Crippen LogP contribution in [0.3, 0.4) is 0 Å². The fourth-order valence-electron chi connectivity index (χ4n) is 1.90. The van der Waals surface area contributed by atoms with Crippen molar-refractivity contribution in [2.75, 3.05) is 6.54 Å². The maximum absolute atomic E-state index is 13.0. The third kappa shape index (κ3) is 3.28. The van der Waals surface area contributed by atoms with E-state index in [1.54, 1.807) is 6.07 Å². The summed E-state index contributed by atoms with van der Waals surface area (Å²) in [6, 6.07) is 3.97. The normalized spacial score (nSPS) is 23.1. The lowest BCUT2D eigenvalue weighted by atomic mass is 10.1. The van der Waals surface area contributed by atoms with Crippen LogP contribution in [-0.4, -0.2) is 29.7 Å². The molecule has 4 nitrogen and oxygen atoms in total. The summed E-state index contributed by atoms with van der Waals surface area (Å²) in [6.45, 7) is 0.688. The Labute approximate surface area is 113 Å². The highest BCUT2D eigenvalue weighted by Crippen LogP contribution is 2.17. The third-order valence-electron chi connectivity index (χ3n) is 2.88. The molecule has 2 atom stereocenters. The van der Waals surface area contributed by atoms with Gasteiger partial charge in [-0.25, -0.2) is 4.39 Å². The quantitative estimate of drug-likeness (QED) is 0.777. The zero-order valence-electron chi connectivity index (χ0n) is 9.62. The van der Waals surface area contributed by atoms with Crippen molar-refractivity contribution >= 4 is 21.8 Å². The molecule has 1 aromatic rings. The lowest BCUT2D eigenvalue weighted by molar-refractivity contribution is -0.123. The number of carbonyl (C=O) groups is 1. The lowest BCUT2D eigenvalue weighted by Crippen LogP contribution is -2.40. The number of nitrogens with one attached hydrogen (secondary N) is 2. The summed E-state index contributed by atoms with van der Waals surface area (Å²) >= 11 is 3.30. The molecule has 0 saturated carbocycles. The van der Waals surface area contributed by atoms with Gasteiger partial charge in [0.05, 0.1) is 12.1 Å². The maximum Gasteiger partial charge on any atom is 0.237 e. The predicted octanol–water partition coefficient (Wildman–Crippen LogP) is 0.927. The van der Waals surface area contributed by atoms with Crippen LogP contribution in [0.4, 0.5) is 4.39 Å². The monoisotopic (exact) mass is 316 g/mol. The second-order valence-electron chi connectivity index (χ2n) is 4.30. The van der Waals surface area contributed by atoms with E-state index in [0.717, 1.165) is 4.47 Å². The number of benzene rings is 1. The molecular formula is C12H14BrFN2O2. The van der Waals surface area contributed by atoms with Crippen molar-refractivity contribution in [1.29, 1.82) is 0 Å². The average Bonchev–Trinajstić information content (AvgIpc) is 2.77. The smallest absolute Gasteiger partial charge is 0.237 e. The van der Waals surface area contributed by atoms with Gasteiger partial charge >= 0.3 is 0 Å². The number of halogens is 2. The minimum absolute atomic E-state index is 0.178.